The Morgan fingerprint density at radius 2 is 1.94 bits per heavy atom. The molecule has 5 heteroatoms. The lowest BCUT2D eigenvalue weighted by atomic mass is 10.0. The molecule has 4 nitrogen and oxygen atoms in total. The molecule has 0 bridgehead atoms. The smallest absolute Gasteiger partial charge is 0.173 e. The lowest BCUT2D eigenvalue weighted by Crippen LogP contribution is -2.50. The van der Waals surface area contributed by atoms with Crippen LogP contribution >= 0.6 is 12.2 Å². The molecule has 0 radical (unpaired) electrons. The molecule has 0 atom stereocenters. The molecule has 1 aromatic carbocycles. The maximum absolute atomic E-state index is 5.84. The Balaban J connectivity index is 0.00000166. The summed E-state index contributed by atoms with van der Waals surface area (Å²) in [6.07, 6.45) is 12.4. The number of rotatable bonds is 5. The highest BCUT2D eigenvalue weighted by Gasteiger charge is 2.18. The summed E-state index contributed by atoms with van der Waals surface area (Å²) in [5.74, 6) is 0.961. The van der Waals surface area contributed by atoms with E-state index in [2.05, 4.69) is 71.4 Å². The Morgan fingerprint density at radius 3 is 2.65 bits per heavy atom. The quantitative estimate of drug-likeness (QED) is 0.389. The molecule has 0 aromatic heterocycles. The van der Waals surface area contributed by atoms with Gasteiger partial charge in [-0.2, -0.15) is 0 Å². The summed E-state index contributed by atoms with van der Waals surface area (Å²) in [7, 11) is 0. The molecule has 0 aliphatic carbocycles. The lowest BCUT2D eigenvalue weighted by molar-refractivity contribution is 0.197. The molecular formula is C26H35N3OS. The fourth-order valence-electron chi connectivity index (χ4n) is 3.58. The van der Waals surface area contributed by atoms with Gasteiger partial charge in [-0.15, -0.1) is 13.2 Å². The monoisotopic (exact) mass is 437 g/mol. The van der Waals surface area contributed by atoms with Gasteiger partial charge < -0.3 is 15.0 Å². The summed E-state index contributed by atoms with van der Waals surface area (Å²) < 4.78 is 5.84. The molecule has 0 amide bonds. The van der Waals surface area contributed by atoms with Crippen molar-refractivity contribution in [1.29, 1.82) is 0 Å². The lowest BCUT2D eigenvalue weighted by Gasteiger charge is -2.35. The largest absolute Gasteiger partial charge is 0.493 e. The van der Waals surface area contributed by atoms with Gasteiger partial charge in [0.05, 0.1) is 6.61 Å². The number of ether oxygens (including phenoxy) is 1. The summed E-state index contributed by atoms with van der Waals surface area (Å²) in [5, 5.41) is 4.17. The summed E-state index contributed by atoms with van der Waals surface area (Å²) in [5.41, 5.74) is 3.58. The standard InChI is InChI=1S/C24H31N3OS.C2H4/c1-3-20(4-2)9-7-13-26-14-16-27(17-15-26)24(29)25-19-21-10-8-18-28-23-12-6-5-11-22(21)23;1-2/h3-7,9,11-12,19H,1,8,10,13-18H2,2H3,(H,25,29);1-2H2/b9-7-,20-4-,21-19-;. The number of benzene rings is 1. The number of hydrogen-bond acceptors (Lipinski definition) is 3. The third-order valence-electron chi connectivity index (χ3n) is 5.35. The van der Waals surface area contributed by atoms with Gasteiger partial charge in [0.15, 0.2) is 5.11 Å². The van der Waals surface area contributed by atoms with Gasteiger partial charge in [0.2, 0.25) is 0 Å². The highest BCUT2D eigenvalue weighted by atomic mass is 32.1. The Bertz CT molecular complexity index is 820. The third kappa shape index (κ3) is 7.53. The van der Waals surface area contributed by atoms with Gasteiger partial charge >= 0.3 is 0 Å². The number of nitrogens with one attached hydrogen (secondary N) is 1. The van der Waals surface area contributed by atoms with E-state index < -0.39 is 0 Å². The van der Waals surface area contributed by atoms with Gasteiger partial charge in [-0.3, -0.25) is 4.90 Å². The second kappa shape index (κ2) is 13.6. The summed E-state index contributed by atoms with van der Waals surface area (Å²) >= 11 is 5.65. The van der Waals surface area contributed by atoms with E-state index in [1.807, 2.05) is 25.1 Å². The van der Waals surface area contributed by atoms with Crippen LogP contribution in [0.25, 0.3) is 5.57 Å². The average molecular weight is 438 g/mol. The Labute approximate surface area is 193 Å². The topological polar surface area (TPSA) is 27.7 Å². The highest BCUT2D eigenvalue weighted by Crippen LogP contribution is 2.31. The van der Waals surface area contributed by atoms with Gasteiger partial charge in [-0.05, 0) is 49.2 Å². The third-order valence-corrected chi connectivity index (χ3v) is 5.73. The zero-order valence-corrected chi connectivity index (χ0v) is 19.5. The predicted octanol–water partition coefficient (Wildman–Crippen LogP) is 5.18. The van der Waals surface area contributed by atoms with E-state index in [0.717, 1.165) is 74.2 Å². The van der Waals surface area contributed by atoms with E-state index in [-0.39, 0.29) is 0 Å². The van der Waals surface area contributed by atoms with Crippen LogP contribution in [0.3, 0.4) is 0 Å². The molecule has 1 saturated heterocycles. The molecule has 0 unspecified atom stereocenters. The van der Waals surface area contributed by atoms with E-state index >= 15 is 0 Å². The van der Waals surface area contributed by atoms with Crippen molar-refractivity contribution in [2.45, 2.75) is 19.8 Å². The first-order valence-corrected chi connectivity index (χ1v) is 11.3. The zero-order valence-electron chi connectivity index (χ0n) is 18.7. The van der Waals surface area contributed by atoms with Crippen LogP contribution in [0.2, 0.25) is 0 Å². The molecule has 31 heavy (non-hydrogen) atoms. The number of nitrogens with zero attached hydrogens (tertiary/aromatic N) is 2. The van der Waals surface area contributed by atoms with E-state index in [1.54, 1.807) is 0 Å². The van der Waals surface area contributed by atoms with Crippen molar-refractivity contribution in [3.05, 3.63) is 85.6 Å². The fraction of sp³-hybridized carbons (Fsp3) is 0.346. The van der Waals surface area contributed by atoms with E-state index in [9.17, 15) is 0 Å². The first-order chi connectivity index (χ1) is 15.2. The summed E-state index contributed by atoms with van der Waals surface area (Å²) in [4.78, 5) is 4.70. The van der Waals surface area contributed by atoms with Crippen LogP contribution in [0, 0.1) is 0 Å². The van der Waals surface area contributed by atoms with E-state index in [4.69, 9.17) is 17.0 Å². The molecule has 0 saturated carbocycles. The van der Waals surface area contributed by atoms with Gasteiger partial charge in [-0.25, -0.2) is 0 Å². The van der Waals surface area contributed by atoms with Crippen LogP contribution < -0.4 is 10.1 Å². The van der Waals surface area contributed by atoms with Crippen LogP contribution in [-0.4, -0.2) is 54.2 Å². The normalized spacial score (nSPS) is 18.4. The maximum atomic E-state index is 5.84. The molecule has 3 rings (SSSR count). The van der Waals surface area contributed by atoms with Crippen LogP contribution in [0.5, 0.6) is 5.75 Å². The molecule has 2 heterocycles. The van der Waals surface area contributed by atoms with Crippen LogP contribution in [0.1, 0.15) is 25.3 Å². The van der Waals surface area contributed by atoms with Crippen LogP contribution in [0.4, 0.5) is 0 Å². The first kappa shape index (κ1) is 24.6. The Kier molecular flexibility index (Phi) is 10.8. The number of thiocarbonyl (C=S) groups is 1. The fourth-order valence-corrected chi connectivity index (χ4v) is 3.82. The molecule has 166 valence electrons. The Hall–Kier alpha value is -2.63. The number of fused-ring (bicyclic) bond motifs is 1. The average Bonchev–Trinajstić information content (AvgIpc) is 3.04. The number of hydrogen-bond donors (Lipinski definition) is 1. The zero-order chi connectivity index (χ0) is 22.5. The Morgan fingerprint density at radius 1 is 1.19 bits per heavy atom. The molecular weight excluding hydrogens is 402 g/mol. The minimum absolute atomic E-state index is 0.761. The minimum atomic E-state index is 0.761. The van der Waals surface area contributed by atoms with Crippen LogP contribution in [0.15, 0.2) is 80.1 Å². The van der Waals surface area contributed by atoms with Crippen molar-refractivity contribution in [3.63, 3.8) is 0 Å². The van der Waals surface area contributed by atoms with Gasteiger partial charge in [0.1, 0.15) is 5.75 Å². The number of allylic oxidation sites excluding steroid dienone is 5. The van der Waals surface area contributed by atoms with Crippen molar-refractivity contribution in [2.24, 2.45) is 0 Å². The second-order valence-electron chi connectivity index (χ2n) is 7.25. The molecule has 2 aliphatic heterocycles. The van der Waals surface area contributed by atoms with Crippen molar-refractivity contribution in [1.82, 2.24) is 15.1 Å². The predicted molar refractivity (Wildman–Crippen MR) is 137 cm³/mol. The van der Waals surface area contributed by atoms with Gasteiger partial charge in [0, 0.05) is 44.5 Å². The summed E-state index contributed by atoms with van der Waals surface area (Å²) in [6, 6.07) is 8.23. The number of para-hydroxylation sites is 1. The first-order valence-electron chi connectivity index (χ1n) is 10.9. The van der Waals surface area contributed by atoms with Crippen molar-refractivity contribution in [3.8, 4) is 5.75 Å². The molecule has 1 fully saturated rings. The SMILES string of the molecule is C=C.C=CC(/C=C\CN1CCN(C(=S)N/C=C2/CCCOc3ccccc32)CC1)=C/C. The van der Waals surface area contributed by atoms with E-state index in [0.29, 0.717) is 0 Å². The van der Waals surface area contributed by atoms with Crippen LogP contribution in [-0.2, 0) is 0 Å². The summed E-state index contributed by atoms with van der Waals surface area (Å²) in [6.45, 7) is 17.5. The minimum Gasteiger partial charge on any atom is -0.493 e. The highest BCUT2D eigenvalue weighted by molar-refractivity contribution is 7.80. The number of piperazine rings is 1. The van der Waals surface area contributed by atoms with Crippen molar-refractivity contribution in [2.75, 3.05) is 39.3 Å². The molecule has 1 aromatic rings. The molecule has 0 spiro atoms. The van der Waals surface area contributed by atoms with Crippen molar-refractivity contribution < 1.29 is 4.74 Å². The van der Waals surface area contributed by atoms with Gasteiger partial charge in [-0.1, -0.05) is 49.1 Å². The second-order valence-corrected chi connectivity index (χ2v) is 7.64. The van der Waals surface area contributed by atoms with Gasteiger partial charge in [0.25, 0.3) is 0 Å². The van der Waals surface area contributed by atoms with Crippen molar-refractivity contribution >= 4 is 22.9 Å². The molecule has 1 N–H and O–H groups in total. The van der Waals surface area contributed by atoms with E-state index in [1.165, 1.54) is 5.57 Å². The molecule has 2 aliphatic rings. The maximum Gasteiger partial charge on any atom is 0.173 e.